The highest BCUT2D eigenvalue weighted by Gasteiger charge is 2.53. The van der Waals surface area contributed by atoms with E-state index in [1.165, 1.54) is 103 Å². The van der Waals surface area contributed by atoms with Crippen LogP contribution in [0.25, 0.3) is 0 Å². The summed E-state index contributed by atoms with van der Waals surface area (Å²) in [5, 5.41) is 100. The first kappa shape index (κ1) is 81.0. The molecule has 21 nitrogen and oxygen atoms in total. The fourth-order valence-corrected chi connectivity index (χ4v) is 11.9. The zero-order valence-electron chi connectivity index (χ0n) is 55.8. The number of esters is 2. The van der Waals surface area contributed by atoms with Gasteiger partial charge in [0.1, 0.15) is 79.8 Å². The minimum absolute atomic E-state index is 0.0478. The van der Waals surface area contributed by atoms with Crippen LogP contribution in [0.5, 0.6) is 0 Å². The van der Waals surface area contributed by atoms with Gasteiger partial charge in [0, 0.05) is 19.3 Å². The molecule has 16 atom stereocenters. The van der Waals surface area contributed by atoms with Crippen molar-refractivity contribution in [1.82, 2.24) is 5.32 Å². The van der Waals surface area contributed by atoms with Crippen molar-refractivity contribution in [3.05, 3.63) is 0 Å². The summed E-state index contributed by atoms with van der Waals surface area (Å²) >= 11 is 0. The summed E-state index contributed by atoms with van der Waals surface area (Å²) in [5.41, 5.74) is 0. The van der Waals surface area contributed by atoms with Gasteiger partial charge in [-0.15, -0.1) is 0 Å². The Bertz CT molecular complexity index is 1780. The number of aliphatic hydroxyl groups excluding tert-OH is 9. The molecular formula is C68H127NO20. The molecule has 3 aliphatic rings. The minimum atomic E-state index is -1.90. The Morgan fingerprint density at radius 3 is 1.22 bits per heavy atom. The Morgan fingerprint density at radius 2 is 0.775 bits per heavy atom. The van der Waals surface area contributed by atoms with Crippen LogP contribution in [0.1, 0.15) is 266 Å². The van der Waals surface area contributed by atoms with Gasteiger partial charge >= 0.3 is 11.9 Å². The summed E-state index contributed by atoms with van der Waals surface area (Å²) in [6, 6.07) is -1.54. The Labute approximate surface area is 534 Å². The maximum Gasteiger partial charge on any atom is 0.306 e. The fourth-order valence-electron chi connectivity index (χ4n) is 11.9. The molecule has 89 heavy (non-hydrogen) atoms. The quantitative estimate of drug-likeness (QED) is 0.0201. The summed E-state index contributed by atoms with van der Waals surface area (Å²) < 4.78 is 47.5. The largest absolute Gasteiger partial charge is 0.462 e. The molecule has 10 N–H and O–H groups in total. The highest BCUT2D eigenvalue weighted by atomic mass is 16.8. The molecule has 3 heterocycles. The predicted octanol–water partition coefficient (Wildman–Crippen LogP) is 8.65. The lowest BCUT2D eigenvalue weighted by Crippen LogP contribution is -2.68. The van der Waals surface area contributed by atoms with E-state index in [2.05, 4.69) is 46.9 Å². The van der Waals surface area contributed by atoms with E-state index in [4.69, 9.17) is 37.9 Å². The van der Waals surface area contributed by atoms with Gasteiger partial charge in [-0.3, -0.25) is 14.4 Å². The maximum atomic E-state index is 13.7. The third-order valence-electron chi connectivity index (χ3n) is 17.6. The van der Waals surface area contributed by atoms with Crippen LogP contribution < -0.4 is 5.32 Å². The number of nitrogens with one attached hydrogen (secondary N) is 1. The number of unbranched alkanes of at least 4 members (excludes halogenated alkanes) is 26. The Balaban J connectivity index is 1.74. The van der Waals surface area contributed by atoms with Crippen LogP contribution in [0, 0.1) is 17.8 Å². The summed E-state index contributed by atoms with van der Waals surface area (Å²) in [7, 11) is 0. The zero-order chi connectivity index (χ0) is 65.3. The molecule has 0 aliphatic carbocycles. The first-order valence-corrected chi connectivity index (χ1v) is 35.2. The van der Waals surface area contributed by atoms with Crippen molar-refractivity contribution in [2.24, 2.45) is 17.8 Å². The molecule has 1 unspecified atom stereocenters. The third-order valence-corrected chi connectivity index (χ3v) is 17.6. The molecule has 1 amide bonds. The van der Waals surface area contributed by atoms with Crippen LogP contribution in [-0.2, 0) is 52.3 Å². The zero-order valence-corrected chi connectivity index (χ0v) is 55.8. The second-order valence-corrected chi connectivity index (χ2v) is 27.1. The fraction of sp³-hybridized carbons (Fsp3) is 0.956. The highest BCUT2D eigenvalue weighted by molar-refractivity contribution is 5.76. The standard InChI is InChI=1S/C68H127NO20/c1-47(2)36-30-24-18-12-8-7-9-15-21-27-33-39-54(72)69-57-61(78)60(77)53(46-84-67-64(81)62(79)58(75)51(42-70)86-67)88-66(57)89-65-63(80)59(76)52(43-71)87-68(65)83-45-50(85-56(74)41-35-29-23-17-11-14-20-26-32-38-49(5)6)44-82-55(73)40-34-28-22-16-10-13-19-25-31-37-48(3)4/h47-53,57-68,70-71,75-81H,7-46H2,1-6H3,(H,69,72)/t50?,51-,52-,53-,57-,58+,59-,60-,61-,62+,63+,64-,65-,66+,67+,68+/m1/s1. The van der Waals surface area contributed by atoms with Gasteiger partial charge in [-0.05, 0) is 37.0 Å². The van der Waals surface area contributed by atoms with Gasteiger partial charge in [-0.1, -0.05) is 228 Å². The monoisotopic (exact) mass is 1280 g/mol. The van der Waals surface area contributed by atoms with Crippen molar-refractivity contribution in [2.75, 3.05) is 33.0 Å². The topological polar surface area (TPSA) is 319 Å². The first-order valence-electron chi connectivity index (χ1n) is 35.2. The van der Waals surface area contributed by atoms with E-state index >= 15 is 0 Å². The van der Waals surface area contributed by atoms with E-state index in [9.17, 15) is 60.3 Å². The van der Waals surface area contributed by atoms with Crippen LogP contribution in [0.4, 0.5) is 0 Å². The second kappa shape index (κ2) is 48.5. The van der Waals surface area contributed by atoms with Crippen LogP contribution in [0.2, 0.25) is 0 Å². The van der Waals surface area contributed by atoms with Crippen LogP contribution >= 0.6 is 0 Å². The number of carbonyl (C=O) groups is 3. The van der Waals surface area contributed by atoms with E-state index in [0.717, 1.165) is 101 Å². The lowest BCUT2D eigenvalue weighted by Gasteiger charge is -2.47. The van der Waals surface area contributed by atoms with Crippen molar-refractivity contribution < 1.29 is 98.2 Å². The molecule has 0 aromatic carbocycles. The normalized spacial score (nSPS) is 27.8. The number of carbonyl (C=O) groups excluding carboxylic acids is 3. The summed E-state index contributed by atoms with van der Waals surface area (Å²) in [6.07, 6.45) is 10.1. The number of ether oxygens (including phenoxy) is 8. The molecule has 0 aromatic heterocycles. The van der Waals surface area contributed by atoms with E-state index in [1.54, 1.807) is 0 Å². The molecule has 0 radical (unpaired) electrons. The molecule has 3 rings (SSSR count). The van der Waals surface area contributed by atoms with E-state index in [1.807, 2.05) is 0 Å². The van der Waals surface area contributed by atoms with Crippen molar-refractivity contribution in [1.29, 1.82) is 0 Å². The summed E-state index contributed by atoms with van der Waals surface area (Å²) in [6.45, 7) is 10.4. The molecule has 3 saturated heterocycles. The Hall–Kier alpha value is -2.19. The molecule has 0 bridgehead atoms. The molecule has 0 spiro atoms. The van der Waals surface area contributed by atoms with Gasteiger partial charge in [-0.2, -0.15) is 0 Å². The van der Waals surface area contributed by atoms with Crippen molar-refractivity contribution in [2.45, 2.75) is 364 Å². The van der Waals surface area contributed by atoms with Crippen molar-refractivity contribution in [3.63, 3.8) is 0 Å². The lowest BCUT2D eigenvalue weighted by atomic mass is 9.95. The average molecular weight is 1280 g/mol. The first-order chi connectivity index (χ1) is 42.8. The van der Waals surface area contributed by atoms with Gasteiger partial charge in [0.15, 0.2) is 25.0 Å². The maximum absolute atomic E-state index is 13.7. The number of aliphatic hydroxyl groups is 9. The van der Waals surface area contributed by atoms with Crippen LogP contribution in [0.3, 0.4) is 0 Å². The number of hydrogen-bond donors (Lipinski definition) is 10. The second-order valence-electron chi connectivity index (χ2n) is 27.1. The summed E-state index contributed by atoms with van der Waals surface area (Å²) in [4.78, 5) is 40.3. The average Bonchev–Trinajstić information content (AvgIpc) is 0.952. The lowest BCUT2D eigenvalue weighted by molar-refractivity contribution is -0.362. The van der Waals surface area contributed by atoms with Gasteiger partial charge < -0.3 is 89.2 Å². The van der Waals surface area contributed by atoms with E-state index in [0.29, 0.717) is 19.3 Å². The van der Waals surface area contributed by atoms with Gasteiger partial charge in [0.2, 0.25) is 5.91 Å². The number of rotatable bonds is 52. The van der Waals surface area contributed by atoms with E-state index < -0.39 is 142 Å². The molecule has 524 valence electrons. The SMILES string of the molecule is CC(C)CCCCCCCCCCCCCC(=O)N[C@H]1[C@H](O[C@H]2[C@@H](OCC(COC(=O)CCCCCCCCCCCC(C)C)OC(=O)CCCCCCCCCCCC(C)C)O[C@H](CO)[C@@H](O)[C@@H]2O)O[C@H](CO[C@H]2O[C@H](CO)[C@H](O)[C@H](O)[C@H]2O)[C@@H](O)[C@@H]1O. The molecule has 21 heteroatoms. The molecule has 0 saturated carbocycles. The molecule has 0 aromatic rings. The van der Waals surface area contributed by atoms with Gasteiger partial charge in [0.05, 0.1) is 26.4 Å². The number of amides is 1. The Kier molecular flexibility index (Phi) is 44.2. The van der Waals surface area contributed by atoms with Crippen LogP contribution in [-0.4, -0.2) is 195 Å². The minimum Gasteiger partial charge on any atom is -0.462 e. The van der Waals surface area contributed by atoms with Crippen molar-refractivity contribution in [3.8, 4) is 0 Å². The van der Waals surface area contributed by atoms with Crippen molar-refractivity contribution >= 4 is 17.8 Å². The molecule has 3 fully saturated rings. The molecule has 3 aliphatic heterocycles. The highest BCUT2D eigenvalue weighted by Crippen LogP contribution is 2.32. The smallest absolute Gasteiger partial charge is 0.306 e. The molecular weight excluding hydrogens is 1150 g/mol. The van der Waals surface area contributed by atoms with Crippen LogP contribution in [0.15, 0.2) is 0 Å². The van der Waals surface area contributed by atoms with Gasteiger partial charge in [-0.25, -0.2) is 0 Å². The van der Waals surface area contributed by atoms with E-state index in [-0.39, 0.29) is 25.9 Å². The Morgan fingerprint density at radius 1 is 0.393 bits per heavy atom. The van der Waals surface area contributed by atoms with Gasteiger partial charge in [0.25, 0.3) is 0 Å². The third kappa shape index (κ3) is 34.2. The predicted molar refractivity (Wildman–Crippen MR) is 338 cm³/mol. The number of hydrogen-bond acceptors (Lipinski definition) is 20. The summed E-state index contributed by atoms with van der Waals surface area (Å²) in [5.74, 6) is 0.645.